The summed E-state index contributed by atoms with van der Waals surface area (Å²) in [4.78, 5) is 21.7. The highest BCUT2D eigenvalue weighted by atomic mass is 35.5. The van der Waals surface area contributed by atoms with Crippen LogP contribution in [0.4, 0.5) is 5.82 Å². The Kier molecular flexibility index (Phi) is 5.50. The molecule has 1 aliphatic heterocycles. The van der Waals surface area contributed by atoms with Gasteiger partial charge in [0, 0.05) is 43.3 Å². The van der Waals surface area contributed by atoms with E-state index < -0.39 is 0 Å². The van der Waals surface area contributed by atoms with Crippen molar-refractivity contribution in [2.75, 3.05) is 31.1 Å². The molecule has 1 amide bonds. The zero-order valence-electron chi connectivity index (χ0n) is 17.2. The van der Waals surface area contributed by atoms with Crippen molar-refractivity contribution >= 4 is 34.9 Å². The monoisotopic (exact) mass is 466 g/mol. The zero-order valence-corrected chi connectivity index (χ0v) is 18.7. The molecule has 9 heteroatoms. The van der Waals surface area contributed by atoms with Crippen molar-refractivity contribution in [3.8, 4) is 11.8 Å². The van der Waals surface area contributed by atoms with Crippen LogP contribution in [0, 0.1) is 11.3 Å². The highest BCUT2D eigenvalue weighted by Gasteiger charge is 2.35. The third kappa shape index (κ3) is 3.81. The standard InChI is InChI=1S/C23H20Cl2N6O/c24-17-5-6-20(19(25)12-17)31-21(15-3-4-15)18(14-28-31)23(32)30-10-8-29(9-11-30)22-16(13-26)2-1-7-27-22/h1-2,5-7,12,14-15H,3-4,8-11H2. The van der Waals surface area contributed by atoms with Crippen LogP contribution in [-0.2, 0) is 0 Å². The van der Waals surface area contributed by atoms with Crippen molar-refractivity contribution in [2.45, 2.75) is 18.8 Å². The SMILES string of the molecule is N#Cc1cccnc1N1CCN(C(=O)c2cnn(-c3ccc(Cl)cc3Cl)c2C2CC2)CC1. The van der Waals surface area contributed by atoms with Crippen molar-refractivity contribution in [2.24, 2.45) is 0 Å². The topological polar surface area (TPSA) is 78.1 Å². The average Bonchev–Trinajstić information content (AvgIpc) is 3.57. The second-order valence-electron chi connectivity index (χ2n) is 7.99. The van der Waals surface area contributed by atoms with Gasteiger partial charge in [0.25, 0.3) is 5.91 Å². The molecular weight excluding hydrogens is 447 g/mol. The number of carbonyl (C=O) groups excluding carboxylic acids is 1. The van der Waals surface area contributed by atoms with Crippen LogP contribution in [0.3, 0.4) is 0 Å². The number of rotatable bonds is 4. The number of nitriles is 1. The molecule has 1 aromatic carbocycles. The molecule has 2 aromatic heterocycles. The van der Waals surface area contributed by atoms with E-state index in [0.717, 1.165) is 24.2 Å². The number of benzene rings is 1. The minimum atomic E-state index is -0.0237. The van der Waals surface area contributed by atoms with Gasteiger partial charge in [-0.05, 0) is 43.2 Å². The quantitative estimate of drug-likeness (QED) is 0.572. The summed E-state index contributed by atoms with van der Waals surface area (Å²) in [6, 6.07) is 11.0. The van der Waals surface area contributed by atoms with E-state index >= 15 is 0 Å². The van der Waals surface area contributed by atoms with Gasteiger partial charge in [-0.3, -0.25) is 4.79 Å². The molecule has 3 aromatic rings. The van der Waals surface area contributed by atoms with Crippen molar-refractivity contribution < 1.29 is 4.79 Å². The smallest absolute Gasteiger partial charge is 0.257 e. The molecule has 1 saturated carbocycles. The molecule has 5 rings (SSSR count). The third-order valence-electron chi connectivity index (χ3n) is 5.91. The van der Waals surface area contributed by atoms with Gasteiger partial charge in [0.15, 0.2) is 0 Å². The number of pyridine rings is 1. The van der Waals surface area contributed by atoms with E-state index in [2.05, 4.69) is 21.1 Å². The summed E-state index contributed by atoms with van der Waals surface area (Å²) in [5, 5.41) is 14.9. The number of carbonyl (C=O) groups is 1. The average molecular weight is 467 g/mol. The zero-order chi connectivity index (χ0) is 22.2. The summed E-state index contributed by atoms with van der Waals surface area (Å²) < 4.78 is 1.78. The van der Waals surface area contributed by atoms with Gasteiger partial charge in [-0.1, -0.05) is 23.2 Å². The van der Waals surface area contributed by atoms with Crippen LogP contribution in [0.25, 0.3) is 5.69 Å². The molecule has 162 valence electrons. The lowest BCUT2D eigenvalue weighted by molar-refractivity contribution is 0.0745. The van der Waals surface area contributed by atoms with Crippen LogP contribution in [0.5, 0.6) is 0 Å². The molecule has 32 heavy (non-hydrogen) atoms. The van der Waals surface area contributed by atoms with Gasteiger partial charge in [0.2, 0.25) is 0 Å². The molecule has 0 unspecified atom stereocenters. The van der Waals surface area contributed by atoms with Gasteiger partial charge < -0.3 is 9.80 Å². The first-order chi connectivity index (χ1) is 15.6. The van der Waals surface area contributed by atoms with Gasteiger partial charge in [-0.25, -0.2) is 9.67 Å². The van der Waals surface area contributed by atoms with Crippen LogP contribution < -0.4 is 4.90 Å². The number of amides is 1. The molecule has 1 saturated heterocycles. The molecule has 7 nitrogen and oxygen atoms in total. The minimum absolute atomic E-state index is 0.0237. The maximum Gasteiger partial charge on any atom is 0.257 e. The summed E-state index contributed by atoms with van der Waals surface area (Å²) in [7, 11) is 0. The predicted molar refractivity (Wildman–Crippen MR) is 123 cm³/mol. The summed E-state index contributed by atoms with van der Waals surface area (Å²) in [5.41, 5.74) is 2.81. The van der Waals surface area contributed by atoms with Gasteiger partial charge in [0.05, 0.1) is 33.7 Å². The molecular formula is C23H20Cl2N6O. The van der Waals surface area contributed by atoms with E-state index in [1.807, 2.05) is 11.0 Å². The Bertz CT molecular complexity index is 1220. The van der Waals surface area contributed by atoms with Crippen molar-refractivity contribution in [1.29, 1.82) is 5.26 Å². The van der Waals surface area contributed by atoms with E-state index in [1.165, 1.54) is 0 Å². The third-order valence-corrected chi connectivity index (χ3v) is 6.45. The first-order valence-corrected chi connectivity index (χ1v) is 11.2. The highest BCUT2D eigenvalue weighted by Crippen LogP contribution is 2.43. The normalized spacial score (nSPS) is 16.2. The fraction of sp³-hybridized carbons (Fsp3) is 0.304. The molecule has 0 atom stereocenters. The predicted octanol–water partition coefficient (Wildman–Crippen LogP) is 4.29. The van der Waals surface area contributed by atoms with E-state index in [4.69, 9.17) is 23.2 Å². The number of piperazine rings is 1. The van der Waals surface area contributed by atoms with E-state index in [1.54, 1.807) is 41.3 Å². The van der Waals surface area contributed by atoms with Crippen LogP contribution in [0.15, 0.2) is 42.7 Å². The number of nitrogens with zero attached hydrogens (tertiary/aromatic N) is 6. The fourth-order valence-electron chi connectivity index (χ4n) is 4.15. The summed E-state index contributed by atoms with van der Waals surface area (Å²) in [6.07, 6.45) is 5.40. The van der Waals surface area contributed by atoms with Crippen molar-refractivity contribution in [3.63, 3.8) is 0 Å². The lowest BCUT2D eigenvalue weighted by atomic mass is 10.1. The Morgan fingerprint density at radius 2 is 1.91 bits per heavy atom. The number of halogens is 2. The minimum Gasteiger partial charge on any atom is -0.352 e. The Morgan fingerprint density at radius 3 is 2.59 bits per heavy atom. The molecule has 3 heterocycles. The second kappa shape index (κ2) is 8.45. The maximum absolute atomic E-state index is 13.4. The summed E-state index contributed by atoms with van der Waals surface area (Å²) in [5.74, 6) is 0.951. The van der Waals surface area contributed by atoms with Gasteiger partial charge in [-0.15, -0.1) is 0 Å². The first kappa shape index (κ1) is 20.8. The van der Waals surface area contributed by atoms with Gasteiger partial charge in [0.1, 0.15) is 11.9 Å². The summed E-state index contributed by atoms with van der Waals surface area (Å²) in [6.45, 7) is 2.34. The molecule has 0 spiro atoms. The molecule has 0 N–H and O–H groups in total. The number of hydrogen-bond acceptors (Lipinski definition) is 5. The molecule has 0 radical (unpaired) electrons. The van der Waals surface area contributed by atoms with Crippen LogP contribution in [0.1, 0.15) is 40.4 Å². The molecule has 2 aliphatic rings. The Morgan fingerprint density at radius 1 is 1.12 bits per heavy atom. The lowest BCUT2D eigenvalue weighted by Gasteiger charge is -2.35. The Labute approximate surface area is 195 Å². The van der Waals surface area contributed by atoms with E-state index in [0.29, 0.717) is 59.1 Å². The number of anilines is 1. The Hall–Kier alpha value is -3.08. The van der Waals surface area contributed by atoms with Crippen LogP contribution in [-0.4, -0.2) is 51.8 Å². The molecule has 1 aliphatic carbocycles. The largest absolute Gasteiger partial charge is 0.352 e. The van der Waals surface area contributed by atoms with E-state index in [9.17, 15) is 10.1 Å². The second-order valence-corrected chi connectivity index (χ2v) is 8.83. The van der Waals surface area contributed by atoms with Crippen LogP contribution >= 0.6 is 23.2 Å². The summed E-state index contributed by atoms with van der Waals surface area (Å²) >= 11 is 12.5. The van der Waals surface area contributed by atoms with Crippen molar-refractivity contribution in [1.82, 2.24) is 19.7 Å². The van der Waals surface area contributed by atoms with E-state index in [-0.39, 0.29) is 5.91 Å². The Balaban J connectivity index is 1.38. The van der Waals surface area contributed by atoms with Gasteiger partial charge in [-0.2, -0.15) is 10.4 Å². The molecule has 0 bridgehead atoms. The van der Waals surface area contributed by atoms with Crippen molar-refractivity contribution in [3.05, 3.63) is 69.6 Å². The van der Waals surface area contributed by atoms with Crippen LogP contribution in [0.2, 0.25) is 10.0 Å². The highest BCUT2D eigenvalue weighted by molar-refractivity contribution is 6.35. The number of hydrogen-bond donors (Lipinski definition) is 0. The lowest BCUT2D eigenvalue weighted by Crippen LogP contribution is -2.49. The maximum atomic E-state index is 13.4. The van der Waals surface area contributed by atoms with Gasteiger partial charge >= 0.3 is 0 Å². The first-order valence-electron chi connectivity index (χ1n) is 10.5. The molecule has 2 fully saturated rings. The fourth-order valence-corrected chi connectivity index (χ4v) is 4.63. The number of aromatic nitrogens is 3.